The first-order chi connectivity index (χ1) is 9.83. The third-order valence-electron chi connectivity index (χ3n) is 4.32. The van der Waals surface area contributed by atoms with Crippen molar-refractivity contribution in [2.75, 3.05) is 0 Å². The molecule has 2 aromatic carbocycles. The van der Waals surface area contributed by atoms with Crippen molar-refractivity contribution < 1.29 is 4.74 Å². The van der Waals surface area contributed by atoms with E-state index in [0.717, 1.165) is 32.5 Å². The Morgan fingerprint density at radius 1 is 0.900 bits per heavy atom. The van der Waals surface area contributed by atoms with E-state index in [9.17, 15) is 0 Å². The van der Waals surface area contributed by atoms with Crippen LogP contribution in [0.15, 0.2) is 36.4 Å². The van der Waals surface area contributed by atoms with Gasteiger partial charge in [-0.2, -0.15) is 0 Å². The van der Waals surface area contributed by atoms with E-state index in [4.69, 9.17) is 4.74 Å². The Hall–Kier alpha value is -1.60. The van der Waals surface area contributed by atoms with Crippen LogP contribution < -0.4 is 0 Å². The van der Waals surface area contributed by atoms with Gasteiger partial charge in [0.25, 0.3) is 0 Å². The second-order valence-corrected chi connectivity index (χ2v) is 5.49. The lowest BCUT2D eigenvalue weighted by atomic mass is 9.88. The van der Waals surface area contributed by atoms with Crippen molar-refractivity contribution in [2.24, 2.45) is 0 Å². The molecule has 0 aromatic heterocycles. The number of aryl methyl sites for hydroxylation is 1. The molecule has 0 spiro atoms. The van der Waals surface area contributed by atoms with E-state index in [2.05, 4.69) is 50.2 Å². The lowest BCUT2D eigenvalue weighted by Crippen LogP contribution is -2.04. The van der Waals surface area contributed by atoms with Crippen LogP contribution in [0.5, 0.6) is 0 Å². The number of ether oxygens (including phenoxy) is 1. The van der Waals surface area contributed by atoms with Crippen LogP contribution in [-0.2, 0) is 37.2 Å². The van der Waals surface area contributed by atoms with Crippen LogP contribution in [0.25, 0.3) is 0 Å². The third-order valence-corrected chi connectivity index (χ3v) is 4.32. The minimum Gasteiger partial charge on any atom is -0.372 e. The van der Waals surface area contributed by atoms with E-state index >= 15 is 0 Å². The van der Waals surface area contributed by atoms with Gasteiger partial charge in [0, 0.05) is 0 Å². The molecule has 0 fully saturated rings. The molecule has 1 heteroatoms. The molecule has 0 aliphatic carbocycles. The fraction of sp³-hybridized carbons (Fsp3) is 0.368. The summed E-state index contributed by atoms with van der Waals surface area (Å²) >= 11 is 0. The van der Waals surface area contributed by atoms with E-state index < -0.39 is 0 Å². The quantitative estimate of drug-likeness (QED) is 0.795. The van der Waals surface area contributed by atoms with Gasteiger partial charge >= 0.3 is 0 Å². The predicted molar refractivity (Wildman–Crippen MR) is 82.9 cm³/mol. The van der Waals surface area contributed by atoms with Gasteiger partial charge in [-0.3, -0.25) is 0 Å². The second-order valence-electron chi connectivity index (χ2n) is 5.49. The highest BCUT2D eigenvalue weighted by molar-refractivity contribution is 5.48. The molecule has 2 aromatic rings. The first-order valence-corrected chi connectivity index (χ1v) is 7.60. The third kappa shape index (κ3) is 2.38. The maximum absolute atomic E-state index is 5.71. The molecule has 0 radical (unpaired) electrons. The minimum absolute atomic E-state index is 0.800. The fourth-order valence-electron chi connectivity index (χ4n) is 3.29. The molecule has 1 nitrogen and oxygen atoms in total. The lowest BCUT2D eigenvalue weighted by Gasteiger charge is -2.16. The van der Waals surface area contributed by atoms with Crippen LogP contribution in [0, 0.1) is 0 Å². The Balaban J connectivity index is 2.06. The number of hydrogen-bond acceptors (Lipinski definition) is 1. The van der Waals surface area contributed by atoms with Gasteiger partial charge in [-0.05, 0) is 52.6 Å². The average Bonchev–Trinajstić information content (AvgIpc) is 2.97. The van der Waals surface area contributed by atoms with Crippen molar-refractivity contribution in [1.29, 1.82) is 0 Å². The van der Waals surface area contributed by atoms with Crippen LogP contribution in [-0.4, -0.2) is 0 Å². The first-order valence-electron chi connectivity index (χ1n) is 7.60. The summed E-state index contributed by atoms with van der Waals surface area (Å²) in [5.41, 5.74) is 8.79. The summed E-state index contributed by atoms with van der Waals surface area (Å²) in [6, 6.07) is 13.2. The molecular weight excluding hydrogens is 244 g/mol. The van der Waals surface area contributed by atoms with Crippen molar-refractivity contribution in [3.63, 3.8) is 0 Å². The van der Waals surface area contributed by atoms with Crippen molar-refractivity contribution in [3.8, 4) is 0 Å². The van der Waals surface area contributed by atoms with E-state index in [0.29, 0.717) is 0 Å². The Morgan fingerprint density at radius 3 is 2.35 bits per heavy atom. The average molecular weight is 266 g/mol. The van der Waals surface area contributed by atoms with Crippen molar-refractivity contribution in [2.45, 2.75) is 46.3 Å². The summed E-state index contributed by atoms with van der Waals surface area (Å²) < 4.78 is 5.71. The van der Waals surface area contributed by atoms with Gasteiger partial charge < -0.3 is 4.74 Å². The summed E-state index contributed by atoms with van der Waals surface area (Å²) in [5.74, 6) is 0. The van der Waals surface area contributed by atoms with Gasteiger partial charge in [-0.1, -0.05) is 50.2 Å². The SMILES string of the molecule is CCc1cc(Cc2ccccc2)c(CC)c2c1COC2. The van der Waals surface area contributed by atoms with Crippen molar-refractivity contribution >= 4 is 0 Å². The molecule has 0 amide bonds. The van der Waals surface area contributed by atoms with Gasteiger partial charge in [0.05, 0.1) is 13.2 Å². The molecular formula is C19H22O. The molecule has 20 heavy (non-hydrogen) atoms. The van der Waals surface area contributed by atoms with Crippen LogP contribution in [0.4, 0.5) is 0 Å². The first kappa shape index (κ1) is 13.4. The summed E-state index contributed by atoms with van der Waals surface area (Å²) in [5, 5.41) is 0. The van der Waals surface area contributed by atoms with Crippen LogP contribution in [0.1, 0.15) is 47.2 Å². The molecule has 1 aliphatic rings. The summed E-state index contributed by atoms with van der Waals surface area (Å²) in [6.07, 6.45) is 3.22. The Labute approximate surface area is 121 Å². The van der Waals surface area contributed by atoms with E-state index in [-0.39, 0.29) is 0 Å². The van der Waals surface area contributed by atoms with Gasteiger partial charge in [0.15, 0.2) is 0 Å². The van der Waals surface area contributed by atoms with E-state index in [1.807, 2.05) is 0 Å². The normalized spacial score (nSPS) is 13.5. The molecule has 0 unspecified atom stereocenters. The molecule has 1 aliphatic heterocycles. The van der Waals surface area contributed by atoms with E-state index in [1.54, 1.807) is 0 Å². The summed E-state index contributed by atoms with van der Waals surface area (Å²) in [7, 11) is 0. The van der Waals surface area contributed by atoms with Gasteiger partial charge in [-0.25, -0.2) is 0 Å². The van der Waals surface area contributed by atoms with Crippen molar-refractivity contribution in [1.82, 2.24) is 0 Å². The Kier molecular flexibility index (Phi) is 3.88. The molecule has 0 atom stereocenters. The molecule has 0 bridgehead atoms. The number of hydrogen-bond donors (Lipinski definition) is 0. The second kappa shape index (κ2) is 5.80. The number of rotatable bonds is 4. The Bertz CT molecular complexity index is 599. The van der Waals surface area contributed by atoms with Crippen LogP contribution in [0.3, 0.4) is 0 Å². The highest BCUT2D eigenvalue weighted by Gasteiger charge is 2.20. The van der Waals surface area contributed by atoms with Crippen molar-refractivity contribution in [3.05, 3.63) is 69.8 Å². The monoisotopic (exact) mass is 266 g/mol. The largest absolute Gasteiger partial charge is 0.372 e. The topological polar surface area (TPSA) is 9.23 Å². The predicted octanol–water partition coefficient (Wildman–Crippen LogP) is 4.43. The molecule has 104 valence electrons. The summed E-state index contributed by atoms with van der Waals surface area (Å²) in [6.45, 7) is 6.10. The zero-order chi connectivity index (χ0) is 13.9. The van der Waals surface area contributed by atoms with Gasteiger partial charge in [0.2, 0.25) is 0 Å². The fourth-order valence-corrected chi connectivity index (χ4v) is 3.29. The summed E-state index contributed by atoms with van der Waals surface area (Å²) in [4.78, 5) is 0. The molecule has 1 heterocycles. The standard InChI is InChI=1S/C19H22O/c1-3-15-11-16(10-14-8-6-5-7-9-14)17(4-2)19-13-20-12-18(15)19/h5-9,11H,3-4,10,12-13H2,1-2H3. The Morgan fingerprint density at radius 2 is 1.65 bits per heavy atom. The molecule has 0 saturated heterocycles. The molecule has 0 N–H and O–H groups in total. The lowest BCUT2D eigenvalue weighted by molar-refractivity contribution is 0.134. The highest BCUT2D eigenvalue weighted by atomic mass is 16.5. The molecule has 3 rings (SSSR count). The van der Waals surface area contributed by atoms with Crippen LogP contribution in [0.2, 0.25) is 0 Å². The van der Waals surface area contributed by atoms with Gasteiger partial charge in [-0.15, -0.1) is 0 Å². The number of fused-ring (bicyclic) bond motifs is 1. The zero-order valence-corrected chi connectivity index (χ0v) is 12.4. The van der Waals surface area contributed by atoms with Gasteiger partial charge in [0.1, 0.15) is 0 Å². The van der Waals surface area contributed by atoms with Crippen LogP contribution >= 0.6 is 0 Å². The highest BCUT2D eigenvalue weighted by Crippen LogP contribution is 2.31. The smallest absolute Gasteiger partial charge is 0.0727 e. The maximum Gasteiger partial charge on any atom is 0.0727 e. The zero-order valence-electron chi connectivity index (χ0n) is 12.4. The minimum atomic E-state index is 0.800. The van der Waals surface area contributed by atoms with E-state index in [1.165, 1.54) is 33.4 Å². The number of benzene rings is 2. The maximum atomic E-state index is 5.71. The molecule has 0 saturated carbocycles.